The molecule has 0 spiro atoms. The second-order valence-electron chi connectivity index (χ2n) is 17.9. The van der Waals surface area contributed by atoms with Crippen LogP contribution in [0.25, 0.3) is 88.4 Å². The lowest BCUT2D eigenvalue weighted by molar-refractivity contribution is 1.13. The van der Waals surface area contributed by atoms with Gasteiger partial charge < -0.3 is 9.13 Å². The fourth-order valence-electron chi connectivity index (χ4n) is 8.84. The zero-order chi connectivity index (χ0) is 39.8. The number of nitrogens with zero attached hydrogens (tertiary/aromatic N) is 2. The Labute approximate surface area is 343 Å². The molecule has 282 valence electrons. The number of aromatic nitrogens is 2. The minimum absolute atomic E-state index is 1.15. The van der Waals surface area contributed by atoms with Crippen LogP contribution in [0.5, 0.6) is 0 Å². The Morgan fingerprint density at radius 3 is 1.03 bits per heavy atom. The van der Waals surface area contributed by atoms with E-state index in [1.165, 1.54) is 87.4 Å². The number of fused-ring (bicyclic) bond motifs is 6. The van der Waals surface area contributed by atoms with E-state index in [1.54, 1.807) is 0 Å². The molecule has 10 rings (SSSR count). The Morgan fingerprint density at radius 1 is 0.276 bits per heavy atom. The monoisotopic (exact) mass is 780 g/mol. The van der Waals surface area contributed by atoms with E-state index >= 15 is 0 Å². The van der Waals surface area contributed by atoms with Gasteiger partial charge in [-0.25, -0.2) is 0 Å². The van der Waals surface area contributed by atoms with Crippen molar-refractivity contribution in [3.05, 3.63) is 182 Å². The molecule has 8 aromatic carbocycles. The Kier molecular flexibility index (Phi) is 8.56. The van der Waals surface area contributed by atoms with E-state index in [2.05, 4.69) is 230 Å². The molecule has 58 heavy (non-hydrogen) atoms. The molecule has 0 aliphatic carbocycles. The summed E-state index contributed by atoms with van der Waals surface area (Å²) in [6, 6.07) is 68.3. The molecule has 0 atom stereocenters. The minimum Gasteiger partial charge on any atom is -0.309 e. The summed E-state index contributed by atoms with van der Waals surface area (Å²) in [6.45, 7) is 14.6. The van der Waals surface area contributed by atoms with Crippen molar-refractivity contribution in [3.63, 3.8) is 0 Å². The Balaban J connectivity index is 1.31. The van der Waals surface area contributed by atoms with E-state index in [0.717, 1.165) is 11.4 Å². The van der Waals surface area contributed by atoms with E-state index in [9.17, 15) is 0 Å². The molecular weight excluding hydrogens is 733 g/mol. The van der Waals surface area contributed by atoms with Crippen LogP contribution in [-0.2, 0) is 0 Å². The molecular formula is C54H48N2Si2. The zero-order valence-electron chi connectivity index (χ0n) is 34.2. The molecule has 0 unspecified atom stereocenters. The van der Waals surface area contributed by atoms with Crippen molar-refractivity contribution in [1.29, 1.82) is 0 Å². The normalized spacial score (nSPS) is 12.3. The molecule has 0 saturated heterocycles. The predicted octanol–water partition coefficient (Wildman–Crippen LogP) is 14.0. The van der Waals surface area contributed by atoms with Gasteiger partial charge in [0, 0.05) is 32.9 Å². The first-order valence-electron chi connectivity index (χ1n) is 20.5. The lowest BCUT2D eigenvalue weighted by Crippen LogP contribution is -2.37. The molecule has 2 heterocycles. The van der Waals surface area contributed by atoms with Crippen molar-refractivity contribution in [2.75, 3.05) is 0 Å². The summed E-state index contributed by atoms with van der Waals surface area (Å²) in [5.41, 5.74) is 14.4. The van der Waals surface area contributed by atoms with Crippen molar-refractivity contribution in [1.82, 2.24) is 9.13 Å². The van der Waals surface area contributed by atoms with Crippen LogP contribution in [0.15, 0.2) is 182 Å². The van der Waals surface area contributed by atoms with Crippen molar-refractivity contribution >= 4 is 70.1 Å². The summed E-state index contributed by atoms with van der Waals surface area (Å²) in [6.07, 6.45) is 0. The standard InChI is InChI=1S/C54H48N2Si2/c1-57(2,3)45-25-27-53-49(35-45)47-21-13-15-23-51(47)55(53)43-32-42(41-30-39(37-17-9-7-10-18-37)29-40(31-41)38-19-11-8-12-20-38)33-44(34-43)56-52-24-16-14-22-48(52)50-36-46(58(4,5)6)26-28-54(50)56/h7-36H,1-6H3. The molecule has 0 fully saturated rings. The van der Waals surface area contributed by atoms with Gasteiger partial charge in [0.1, 0.15) is 0 Å². The SMILES string of the molecule is C[Si](C)(C)c1ccc2c(c1)c1ccccc1n2-c1cc(-c2cc(-c3ccccc3)cc(-c3ccccc3)c2)cc(-n2c3ccccc3c3cc([Si](C)(C)C)ccc32)c1. The van der Waals surface area contributed by atoms with Crippen LogP contribution in [0, 0.1) is 0 Å². The highest BCUT2D eigenvalue weighted by Gasteiger charge is 2.23. The molecule has 4 heteroatoms. The largest absolute Gasteiger partial charge is 0.309 e. The first-order valence-corrected chi connectivity index (χ1v) is 27.5. The minimum atomic E-state index is -1.55. The van der Waals surface area contributed by atoms with Crippen LogP contribution < -0.4 is 10.4 Å². The van der Waals surface area contributed by atoms with Crippen LogP contribution in [-0.4, -0.2) is 25.3 Å². The zero-order valence-corrected chi connectivity index (χ0v) is 36.2. The van der Waals surface area contributed by atoms with Gasteiger partial charge in [0.25, 0.3) is 0 Å². The summed E-state index contributed by atoms with van der Waals surface area (Å²) >= 11 is 0. The van der Waals surface area contributed by atoms with E-state index in [4.69, 9.17) is 0 Å². The smallest absolute Gasteiger partial charge is 0.0776 e. The quantitative estimate of drug-likeness (QED) is 0.143. The number of para-hydroxylation sites is 2. The Bertz CT molecular complexity index is 2970. The van der Waals surface area contributed by atoms with E-state index in [1.807, 2.05) is 0 Å². The number of rotatable bonds is 7. The molecule has 0 bridgehead atoms. The summed E-state index contributed by atoms with van der Waals surface area (Å²) in [7, 11) is -3.10. The third kappa shape index (κ3) is 6.24. The van der Waals surface area contributed by atoms with Crippen molar-refractivity contribution < 1.29 is 0 Å². The highest BCUT2D eigenvalue weighted by atomic mass is 28.3. The molecule has 0 saturated carbocycles. The fourth-order valence-corrected chi connectivity index (χ4v) is 11.2. The summed E-state index contributed by atoms with van der Waals surface area (Å²) < 4.78 is 5.00. The lowest BCUT2D eigenvalue weighted by Gasteiger charge is -2.19. The second kappa shape index (κ2) is 13.7. The van der Waals surface area contributed by atoms with Crippen LogP contribution in [0.4, 0.5) is 0 Å². The maximum absolute atomic E-state index is 2.50. The van der Waals surface area contributed by atoms with Gasteiger partial charge in [-0.1, -0.05) is 171 Å². The summed E-state index contributed by atoms with van der Waals surface area (Å²) in [5.74, 6) is 0. The van der Waals surface area contributed by atoms with Gasteiger partial charge in [-0.3, -0.25) is 0 Å². The number of hydrogen-bond donors (Lipinski definition) is 0. The van der Waals surface area contributed by atoms with Gasteiger partial charge >= 0.3 is 0 Å². The number of hydrogen-bond acceptors (Lipinski definition) is 0. The molecule has 0 aliphatic rings. The summed E-state index contributed by atoms with van der Waals surface area (Å²) in [4.78, 5) is 0. The van der Waals surface area contributed by atoms with Gasteiger partial charge in [-0.05, 0) is 94.0 Å². The van der Waals surface area contributed by atoms with Crippen molar-refractivity contribution in [2.24, 2.45) is 0 Å². The first-order chi connectivity index (χ1) is 28.0. The topological polar surface area (TPSA) is 9.86 Å². The average molecular weight is 781 g/mol. The third-order valence-corrected chi connectivity index (χ3v) is 16.1. The Morgan fingerprint density at radius 2 is 0.621 bits per heavy atom. The lowest BCUT2D eigenvalue weighted by atomic mass is 9.93. The highest BCUT2D eigenvalue weighted by Crippen LogP contribution is 2.40. The summed E-state index contributed by atoms with van der Waals surface area (Å²) in [5, 5.41) is 8.17. The predicted molar refractivity (Wildman–Crippen MR) is 257 cm³/mol. The molecule has 2 nitrogen and oxygen atoms in total. The molecule has 0 aliphatic heterocycles. The first kappa shape index (κ1) is 36.2. The van der Waals surface area contributed by atoms with Crippen LogP contribution in [0.3, 0.4) is 0 Å². The van der Waals surface area contributed by atoms with Crippen LogP contribution >= 0.6 is 0 Å². The maximum atomic E-state index is 2.50. The molecule has 2 aromatic heterocycles. The van der Waals surface area contributed by atoms with E-state index in [-0.39, 0.29) is 0 Å². The Hall–Kier alpha value is -6.21. The average Bonchev–Trinajstić information content (AvgIpc) is 3.76. The molecule has 0 radical (unpaired) electrons. The molecule has 0 amide bonds. The number of benzene rings is 8. The van der Waals surface area contributed by atoms with Crippen LogP contribution in [0.1, 0.15) is 0 Å². The molecule has 0 N–H and O–H groups in total. The maximum Gasteiger partial charge on any atom is 0.0776 e. The van der Waals surface area contributed by atoms with Crippen LogP contribution in [0.2, 0.25) is 39.3 Å². The highest BCUT2D eigenvalue weighted by molar-refractivity contribution is 6.89. The fraction of sp³-hybridized carbons (Fsp3) is 0.111. The van der Waals surface area contributed by atoms with Gasteiger partial charge in [-0.2, -0.15) is 0 Å². The van der Waals surface area contributed by atoms with E-state index in [0.29, 0.717) is 0 Å². The van der Waals surface area contributed by atoms with Gasteiger partial charge in [-0.15, -0.1) is 0 Å². The van der Waals surface area contributed by atoms with Crippen molar-refractivity contribution in [2.45, 2.75) is 39.3 Å². The van der Waals surface area contributed by atoms with Gasteiger partial charge in [0.15, 0.2) is 0 Å². The van der Waals surface area contributed by atoms with Gasteiger partial charge in [0.2, 0.25) is 0 Å². The van der Waals surface area contributed by atoms with Gasteiger partial charge in [0.05, 0.1) is 38.2 Å². The third-order valence-electron chi connectivity index (χ3n) is 12.0. The van der Waals surface area contributed by atoms with Crippen molar-refractivity contribution in [3.8, 4) is 44.8 Å². The van der Waals surface area contributed by atoms with E-state index < -0.39 is 16.1 Å². The molecule has 10 aromatic rings. The second-order valence-corrected chi connectivity index (χ2v) is 28.1.